The second kappa shape index (κ2) is 19.9. The van der Waals surface area contributed by atoms with E-state index in [-0.39, 0.29) is 36.5 Å². The highest BCUT2D eigenvalue weighted by molar-refractivity contribution is 5.89. The van der Waals surface area contributed by atoms with Gasteiger partial charge in [-0.15, -0.1) is 0 Å². The molecule has 320 valence electrons. The number of aliphatic hydroxyl groups is 1. The van der Waals surface area contributed by atoms with Crippen LogP contribution in [0.5, 0.6) is 11.5 Å². The number of piperidine rings is 3. The number of benzene rings is 5. The molecule has 4 heterocycles. The number of aromatic nitrogens is 1. The Hall–Kier alpha value is -6.47. The van der Waals surface area contributed by atoms with Crippen LogP contribution in [0.2, 0.25) is 0 Å². The molecule has 0 spiro atoms. The third kappa shape index (κ3) is 10.7. The number of H-pyrrole nitrogens is 1. The number of aryl methyl sites for hydroxylation is 1. The fraction of sp³-hybridized carbons (Fsp3) is 0.300. The zero-order valence-electron chi connectivity index (χ0n) is 34.5. The fourth-order valence-corrected chi connectivity index (χ4v) is 8.39. The third-order valence-electron chi connectivity index (χ3n) is 11.8. The molecule has 62 heavy (non-hydrogen) atoms. The van der Waals surface area contributed by atoms with Crippen molar-refractivity contribution in [2.24, 2.45) is 5.92 Å². The van der Waals surface area contributed by atoms with Gasteiger partial charge in [-0.2, -0.15) is 0 Å². The summed E-state index contributed by atoms with van der Waals surface area (Å²) in [5.74, 6) is 0.649. The van der Waals surface area contributed by atoms with Crippen molar-refractivity contribution in [3.05, 3.63) is 177 Å². The van der Waals surface area contributed by atoms with E-state index in [1.54, 1.807) is 24.3 Å². The number of hydrogen-bond acceptors (Lipinski definition) is 10. The molecule has 0 aliphatic carbocycles. The summed E-state index contributed by atoms with van der Waals surface area (Å²) >= 11 is 0. The average molecular weight is 837 g/mol. The molecule has 3 atom stereocenters. The topological polar surface area (TPSA) is 162 Å². The molecular formula is C50H52N4O8. The molecule has 12 nitrogen and oxygen atoms in total. The number of phenolic OH excluding ortho intramolecular Hbond substituents is 1. The van der Waals surface area contributed by atoms with E-state index in [2.05, 4.69) is 20.5 Å². The zero-order chi connectivity index (χ0) is 42.8. The van der Waals surface area contributed by atoms with Crippen LogP contribution < -0.4 is 20.9 Å². The number of phenols is 1. The van der Waals surface area contributed by atoms with Gasteiger partial charge in [-0.3, -0.25) is 9.69 Å². The van der Waals surface area contributed by atoms with Crippen LogP contribution in [0.15, 0.2) is 132 Å². The molecule has 5 N–H and O–H groups in total. The molecule has 2 bridgehead atoms. The summed E-state index contributed by atoms with van der Waals surface area (Å²) in [5.41, 5.74) is 5.94. The van der Waals surface area contributed by atoms with Crippen LogP contribution in [-0.2, 0) is 29.0 Å². The van der Waals surface area contributed by atoms with Gasteiger partial charge in [0.05, 0.1) is 29.8 Å². The highest BCUT2D eigenvalue weighted by Crippen LogP contribution is 2.31. The maximum Gasteiger partial charge on any atom is 0.408 e. The predicted molar refractivity (Wildman–Crippen MR) is 236 cm³/mol. The van der Waals surface area contributed by atoms with Crippen molar-refractivity contribution in [3.8, 4) is 11.5 Å². The Labute approximate surface area is 360 Å². The number of nitrogens with zero attached hydrogens (tertiary/aromatic N) is 1. The predicted octanol–water partition coefficient (Wildman–Crippen LogP) is 7.34. The molecule has 0 radical (unpaired) electrons. The molecule has 0 unspecified atom stereocenters. The van der Waals surface area contributed by atoms with E-state index in [1.165, 1.54) is 12.1 Å². The molecule has 0 saturated carbocycles. The van der Waals surface area contributed by atoms with E-state index in [4.69, 9.17) is 14.2 Å². The fourth-order valence-electron chi connectivity index (χ4n) is 8.39. The molecule has 9 rings (SSSR count). The number of carbonyl (C=O) groups excluding carboxylic acids is 2. The van der Waals surface area contributed by atoms with Crippen molar-refractivity contribution in [1.82, 2.24) is 20.5 Å². The van der Waals surface area contributed by atoms with Gasteiger partial charge < -0.3 is 40.0 Å². The number of nitrogens with one attached hydrogen (secondary N) is 3. The maximum atomic E-state index is 13.2. The first kappa shape index (κ1) is 42.2. The van der Waals surface area contributed by atoms with Gasteiger partial charge in [0.25, 0.3) is 0 Å². The number of aromatic hydroxyl groups is 1. The van der Waals surface area contributed by atoms with Crippen molar-refractivity contribution in [2.75, 3.05) is 32.8 Å². The number of alkyl carbamates (subject to hydrolysis) is 1. The van der Waals surface area contributed by atoms with Gasteiger partial charge in [0.15, 0.2) is 0 Å². The monoisotopic (exact) mass is 836 g/mol. The number of rotatable bonds is 17. The Kier molecular flexibility index (Phi) is 13.6. The van der Waals surface area contributed by atoms with Crippen LogP contribution in [0.25, 0.3) is 10.9 Å². The minimum absolute atomic E-state index is 0.0451. The number of fused-ring (bicyclic) bond motifs is 4. The first-order chi connectivity index (χ1) is 30.3. The zero-order valence-corrected chi connectivity index (χ0v) is 34.5. The smallest absolute Gasteiger partial charge is 0.408 e. The lowest BCUT2D eigenvalue weighted by Gasteiger charge is -2.43. The molecule has 3 aliphatic heterocycles. The van der Waals surface area contributed by atoms with E-state index >= 15 is 0 Å². The van der Waals surface area contributed by atoms with Crippen molar-refractivity contribution in [2.45, 2.75) is 57.1 Å². The number of hydrogen-bond donors (Lipinski definition) is 5. The lowest BCUT2D eigenvalue weighted by Crippen LogP contribution is -2.52. The molecule has 1 amide bonds. The highest BCUT2D eigenvalue weighted by atomic mass is 16.6. The van der Waals surface area contributed by atoms with Gasteiger partial charge in [0.1, 0.15) is 24.2 Å². The van der Waals surface area contributed by atoms with Gasteiger partial charge in [-0.25, -0.2) is 9.59 Å². The van der Waals surface area contributed by atoms with Crippen LogP contribution in [-0.4, -0.2) is 71.0 Å². The molecular weight excluding hydrogens is 785 g/mol. The average Bonchev–Trinajstić information content (AvgIpc) is 3.30. The Morgan fingerprint density at radius 1 is 0.823 bits per heavy atom. The Bertz CT molecular complexity index is 2500. The minimum atomic E-state index is -0.838. The summed E-state index contributed by atoms with van der Waals surface area (Å²) in [5, 5.41) is 27.9. The number of carbonyl (C=O) groups is 2. The first-order valence-corrected chi connectivity index (χ1v) is 21.3. The molecule has 12 heteroatoms. The quantitative estimate of drug-likeness (QED) is 0.0465. The van der Waals surface area contributed by atoms with Crippen LogP contribution in [0.3, 0.4) is 0 Å². The summed E-state index contributed by atoms with van der Waals surface area (Å²) < 4.78 is 17.7. The number of esters is 1. The summed E-state index contributed by atoms with van der Waals surface area (Å²) in [7, 11) is 0. The van der Waals surface area contributed by atoms with Crippen LogP contribution in [0, 0.1) is 5.92 Å². The Balaban J connectivity index is 0.762. The summed E-state index contributed by atoms with van der Waals surface area (Å²) in [6.45, 7) is 4.37. The molecule has 3 saturated heterocycles. The van der Waals surface area contributed by atoms with E-state index in [0.29, 0.717) is 53.3 Å². The summed E-state index contributed by atoms with van der Waals surface area (Å²) in [6, 6.07) is 38.6. The normalized spacial score (nSPS) is 17.9. The van der Waals surface area contributed by atoms with Crippen molar-refractivity contribution in [3.63, 3.8) is 0 Å². The Morgan fingerprint density at radius 3 is 2.32 bits per heavy atom. The lowest BCUT2D eigenvalue weighted by molar-refractivity contribution is -0.0336. The van der Waals surface area contributed by atoms with Crippen LogP contribution in [0.1, 0.15) is 75.1 Å². The van der Waals surface area contributed by atoms with Gasteiger partial charge in [0, 0.05) is 31.1 Å². The number of pyridine rings is 1. The number of amides is 1. The second-order valence-electron chi connectivity index (χ2n) is 16.1. The van der Waals surface area contributed by atoms with Crippen molar-refractivity contribution >= 4 is 23.0 Å². The van der Waals surface area contributed by atoms with Gasteiger partial charge >= 0.3 is 12.1 Å². The van der Waals surface area contributed by atoms with E-state index in [0.717, 1.165) is 66.7 Å². The van der Waals surface area contributed by atoms with E-state index in [9.17, 15) is 24.6 Å². The molecule has 6 aromatic rings. The van der Waals surface area contributed by atoms with Crippen molar-refractivity contribution < 1.29 is 34.0 Å². The molecule has 1 aromatic heterocycles. The number of aliphatic hydroxyl groups excluding tert-OH is 1. The number of aromatic amines is 1. The van der Waals surface area contributed by atoms with E-state index in [1.807, 2.05) is 91.0 Å². The molecule has 5 aromatic carbocycles. The summed E-state index contributed by atoms with van der Waals surface area (Å²) in [6.07, 6.45) is 2.21. The standard InChI is InChI=1S/C50H52N4O8/c55-43-21-19-41(42-20-22-46(57)52-48(42)43)44(56)30-51-29-34-13-11-33(12-14-34)6-5-27-60-49(58)38-17-15-35(16-18-38)32-61-40-10-4-9-39(28-40)47(37-7-2-1-3-8-37)53-50(59)62-45-31-54-25-23-36(45)24-26-54/h1-4,7-22,28,36,44-45,47,51,55-56H,5-6,23-27,29-32H2,(H,52,57)(H,53,59)/t44-,45+,47-/m0/s1. The van der Waals surface area contributed by atoms with Crippen LogP contribution >= 0.6 is 0 Å². The largest absolute Gasteiger partial charge is 0.506 e. The Morgan fingerprint density at radius 2 is 1.56 bits per heavy atom. The van der Waals surface area contributed by atoms with E-state index < -0.39 is 18.2 Å². The highest BCUT2D eigenvalue weighted by Gasteiger charge is 2.37. The van der Waals surface area contributed by atoms with Crippen LogP contribution in [0.4, 0.5) is 4.79 Å². The first-order valence-electron chi connectivity index (χ1n) is 21.3. The summed E-state index contributed by atoms with van der Waals surface area (Å²) in [4.78, 5) is 42.7. The molecule has 3 aliphatic rings. The van der Waals surface area contributed by atoms with Gasteiger partial charge in [0.2, 0.25) is 5.56 Å². The minimum Gasteiger partial charge on any atom is -0.506 e. The maximum absolute atomic E-state index is 13.2. The molecule has 3 fully saturated rings. The lowest BCUT2D eigenvalue weighted by atomic mass is 9.86. The third-order valence-corrected chi connectivity index (χ3v) is 11.8. The number of ether oxygens (including phenoxy) is 3. The second-order valence-corrected chi connectivity index (χ2v) is 16.1. The SMILES string of the molecule is O=C(N[C@@H](c1ccccc1)c1cccc(OCc2ccc(C(=O)OCCCc3ccc(CNC[C@H](O)c4ccc(O)c5[nH]c(=O)ccc45)cc3)cc2)c1)O[C@@H]1CN2CCC1CC2. The van der Waals surface area contributed by atoms with Gasteiger partial charge in [-0.05, 0) is 114 Å². The van der Waals surface area contributed by atoms with Crippen molar-refractivity contribution in [1.29, 1.82) is 0 Å². The van der Waals surface area contributed by atoms with Gasteiger partial charge in [-0.1, -0.05) is 84.9 Å².